The van der Waals surface area contributed by atoms with E-state index in [1.54, 1.807) is 0 Å². The van der Waals surface area contributed by atoms with Crippen LogP contribution in [0.15, 0.2) is 30.3 Å². The summed E-state index contributed by atoms with van der Waals surface area (Å²) in [6.07, 6.45) is 3.25. The molecule has 0 bridgehead atoms. The molecule has 0 aliphatic carbocycles. The number of unbranched alkanes of at least 4 members (excludes halogenated alkanes) is 1. The smallest absolute Gasteiger partial charge is 0.309 e. The molecule has 1 aromatic carbocycles. The summed E-state index contributed by atoms with van der Waals surface area (Å²) in [7, 11) is 0. The Morgan fingerprint density at radius 2 is 2.11 bits per heavy atom. The van der Waals surface area contributed by atoms with Gasteiger partial charge in [-0.05, 0) is 25.3 Å². The molecular formula is C16H22O3. The Bertz CT molecular complexity index is 415. The molecule has 1 aliphatic heterocycles. The summed E-state index contributed by atoms with van der Waals surface area (Å²) in [5.74, 6) is -0.142. The van der Waals surface area contributed by atoms with Crippen molar-refractivity contribution >= 4 is 5.97 Å². The van der Waals surface area contributed by atoms with E-state index >= 15 is 0 Å². The lowest BCUT2D eigenvalue weighted by Crippen LogP contribution is -2.37. The van der Waals surface area contributed by atoms with Crippen molar-refractivity contribution in [2.24, 2.45) is 0 Å². The summed E-state index contributed by atoms with van der Waals surface area (Å²) < 4.78 is 11.4. The maximum atomic E-state index is 11.5. The molecule has 0 spiro atoms. The van der Waals surface area contributed by atoms with E-state index < -0.39 is 5.60 Å². The van der Waals surface area contributed by atoms with Crippen LogP contribution in [0.4, 0.5) is 0 Å². The molecule has 0 aromatic heterocycles. The average molecular weight is 262 g/mol. The Morgan fingerprint density at radius 1 is 1.37 bits per heavy atom. The highest BCUT2D eigenvalue weighted by Gasteiger charge is 2.45. The summed E-state index contributed by atoms with van der Waals surface area (Å²) >= 11 is 0. The summed E-state index contributed by atoms with van der Waals surface area (Å²) in [5.41, 5.74) is 0.668. The number of ether oxygens (including phenoxy) is 2. The van der Waals surface area contributed by atoms with Crippen LogP contribution in [0.5, 0.6) is 0 Å². The number of esters is 1. The lowest BCUT2D eigenvalue weighted by Gasteiger charge is -2.29. The van der Waals surface area contributed by atoms with Crippen LogP contribution in [0, 0.1) is 0 Å². The van der Waals surface area contributed by atoms with Gasteiger partial charge in [0.25, 0.3) is 0 Å². The first-order valence-electron chi connectivity index (χ1n) is 7.01. The maximum absolute atomic E-state index is 11.5. The summed E-state index contributed by atoms with van der Waals surface area (Å²) in [6, 6.07) is 10.0. The Kier molecular flexibility index (Phi) is 4.59. The molecule has 2 rings (SSSR count). The second kappa shape index (κ2) is 6.20. The SMILES string of the molecule is CCCC[C@@]1(C)OC(=O)C[C@H]1OCc1ccccc1. The number of carbonyl (C=O) groups is 1. The Labute approximate surface area is 114 Å². The highest BCUT2D eigenvalue weighted by atomic mass is 16.6. The van der Waals surface area contributed by atoms with Gasteiger partial charge in [0.05, 0.1) is 13.0 Å². The quantitative estimate of drug-likeness (QED) is 0.736. The van der Waals surface area contributed by atoms with E-state index in [9.17, 15) is 4.79 Å². The zero-order valence-corrected chi connectivity index (χ0v) is 11.7. The molecule has 0 radical (unpaired) electrons. The van der Waals surface area contributed by atoms with Crippen LogP contribution in [0.1, 0.15) is 45.1 Å². The lowest BCUT2D eigenvalue weighted by atomic mass is 9.93. The van der Waals surface area contributed by atoms with Crippen LogP contribution in [-0.4, -0.2) is 17.7 Å². The Balaban J connectivity index is 1.95. The highest BCUT2D eigenvalue weighted by molar-refractivity contribution is 5.73. The molecule has 1 heterocycles. The monoisotopic (exact) mass is 262 g/mol. The van der Waals surface area contributed by atoms with Crippen molar-refractivity contribution in [3.8, 4) is 0 Å². The van der Waals surface area contributed by atoms with Crippen LogP contribution in [0.3, 0.4) is 0 Å². The number of rotatable bonds is 6. The summed E-state index contributed by atoms with van der Waals surface area (Å²) in [5, 5.41) is 0. The zero-order chi connectivity index (χ0) is 13.7. The van der Waals surface area contributed by atoms with Crippen molar-refractivity contribution in [3.63, 3.8) is 0 Å². The minimum absolute atomic E-state index is 0.133. The number of cyclic esters (lactones) is 1. The minimum Gasteiger partial charge on any atom is -0.456 e. The Hall–Kier alpha value is -1.35. The molecule has 0 unspecified atom stereocenters. The minimum atomic E-state index is -0.456. The highest BCUT2D eigenvalue weighted by Crippen LogP contribution is 2.34. The molecule has 3 heteroatoms. The van der Waals surface area contributed by atoms with Gasteiger partial charge >= 0.3 is 5.97 Å². The van der Waals surface area contributed by atoms with Crippen molar-refractivity contribution in [2.75, 3.05) is 0 Å². The first-order valence-corrected chi connectivity index (χ1v) is 7.01. The molecule has 0 amide bonds. The molecule has 1 saturated heterocycles. The second-order valence-corrected chi connectivity index (χ2v) is 5.38. The van der Waals surface area contributed by atoms with Gasteiger partial charge in [-0.15, -0.1) is 0 Å². The third-order valence-electron chi connectivity index (χ3n) is 3.70. The van der Waals surface area contributed by atoms with Gasteiger partial charge in [0.2, 0.25) is 0 Å². The van der Waals surface area contributed by atoms with Gasteiger partial charge in [-0.2, -0.15) is 0 Å². The van der Waals surface area contributed by atoms with E-state index in [2.05, 4.69) is 6.92 Å². The third-order valence-corrected chi connectivity index (χ3v) is 3.70. The van der Waals surface area contributed by atoms with Crippen molar-refractivity contribution < 1.29 is 14.3 Å². The van der Waals surface area contributed by atoms with Crippen LogP contribution in [-0.2, 0) is 20.9 Å². The molecule has 0 saturated carbocycles. The number of benzene rings is 1. The van der Waals surface area contributed by atoms with Crippen LogP contribution in [0.25, 0.3) is 0 Å². The largest absolute Gasteiger partial charge is 0.456 e. The van der Waals surface area contributed by atoms with Crippen molar-refractivity contribution in [1.82, 2.24) is 0 Å². The first kappa shape index (κ1) is 14.1. The van der Waals surface area contributed by atoms with E-state index in [0.717, 1.165) is 24.8 Å². The van der Waals surface area contributed by atoms with Gasteiger partial charge in [-0.1, -0.05) is 43.7 Å². The topological polar surface area (TPSA) is 35.5 Å². The first-order chi connectivity index (χ1) is 9.14. The molecular weight excluding hydrogens is 240 g/mol. The molecule has 19 heavy (non-hydrogen) atoms. The fourth-order valence-corrected chi connectivity index (χ4v) is 2.48. The molecule has 1 aliphatic rings. The van der Waals surface area contributed by atoms with E-state index in [4.69, 9.17) is 9.47 Å². The molecule has 1 fully saturated rings. The molecule has 1 aromatic rings. The van der Waals surface area contributed by atoms with Gasteiger partial charge in [0.1, 0.15) is 11.7 Å². The average Bonchev–Trinajstić information content (AvgIpc) is 2.70. The van der Waals surface area contributed by atoms with E-state index in [1.165, 1.54) is 0 Å². The zero-order valence-electron chi connectivity index (χ0n) is 11.7. The van der Waals surface area contributed by atoms with Gasteiger partial charge in [-0.25, -0.2) is 0 Å². The number of carbonyl (C=O) groups excluding carboxylic acids is 1. The normalized spacial score (nSPS) is 26.4. The van der Waals surface area contributed by atoms with Crippen molar-refractivity contribution in [3.05, 3.63) is 35.9 Å². The van der Waals surface area contributed by atoms with Crippen LogP contribution in [0.2, 0.25) is 0 Å². The van der Waals surface area contributed by atoms with Crippen molar-refractivity contribution in [1.29, 1.82) is 0 Å². The standard InChI is InChI=1S/C16H22O3/c1-3-4-10-16(2)14(11-15(17)19-16)18-12-13-8-6-5-7-9-13/h5-9,14H,3-4,10-12H2,1-2H3/t14-,16-/m1/s1. The van der Waals surface area contributed by atoms with Gasteiger partial charge < -0.3 is 9.47 Å². The Morgan fingerprint density at radius 3 is 2.79 bits per heavy atom. The number of hydrogen-bond donors (Lipinski definition) is 0. The molecule has 3 nitrogen and oxygen atoms in total. The molecule has 104 valence electrons. The fourth-order valence-electron chi connectivity index (χ4n) is 2.48. The van der Waals surface area contributed by atoms with E-state index in [0.29, 0.717) is 13.0 Å². The number of hydrogen-bond acceptors (Lipinski definition) is 3. The van der Waals surface area contributed by atoms with E-state index in [-0.39, 0.29) is 12.1 Å². The van der Waals surface area contributed by atoms with Crippen LogP contribution >= 0.6 is 0 Å². The predicted molar refractivity (Wildman–Crippen MR) is 73.7 cm³/mol. The lowest BCUT2D eigenvalue weighted by molar-refractivity contribution is -0.151. The fraction of sp³-hybridized carbons (Fsp3) is 0.562. The van der Waals surface area contributed by atoms with Gasteiger partial charge in [0, 0.05) is 0 Å². The van der Waals surface area contributed by atoms with Crippen molar-refractivity contribution in [2.45, 2.75) is 57.8 Å². The third kappa shape index (κ3) is 3.57. The second-order valence-electron chi connectivity index (χ2n) is 5.38. The van der Waals surface area contributed by atoms with Crippen LogP contribution < -0.4 is 0 Å². The summed E-state index contributed by atoms with van der Waals surface area (Å²) in [4.78, 5) is 11.5. The summed E-state index contributed by atoms with van der Waals surface area (Å²) in [6.45, 7) is 4.66. The van der Waals surface area contributed by atoms with Gasteiger partial charge in [0.15, 0.2) is 0 Å². The molecule has 0 N–H and O–H groups in total. The molecule has 2 atom stereocenters. The maximum Gasteiger partial charge on any atom is 0.309 e. The predicted octanol–water partition coefficient (Wildman–Crippen LogP) is 3.47. The van der Waals surface area contributed by atoms with Gasteiger partial charge in [-0.3, -0.25) is 4.79 Å². The van der Waals surface area contributed by atoms with E-state index in [1.807, 2.05) is 37.3 Å².